The number of H-pyrrole nitrogens is 1. The zero-order valence-electron chi connectivity index (χ0n) is 12.9. The Morgan fingerprint density at radius 2 is 1.80 bits per heavy atom. The van der Waals surface area contributed by atoms with Gasteiger partial charge in [-0.1, -0.05) is 43.7 Å². The van der Waals surface area contributed by atoms with E-state index in [1.807, 2.05) is 0 Å². The van der Waals surface area contributed by atoms with Crippen LogP contribution in [0.4, 0.5) is 0 Å². The lowest BCUT2D eigenvalue weighted by Gasteiger charge is -2.14. The van der Waals surface area contributed by atoms with Crippen LogP contribution in [0.3, 0.4) is 0 Å². The van der Waals surface area contributed by atoms with Crippen molar-refractivity contribution in [2.75, 3.05) is 6.54 Å². The van der Waals surface area contributed by atoms with E-state index in [9.17, 15) is 0 Å². The molecule has 3 heteroatoms. The minimum absolute atomic E-state index is 0.313. The molecule has 0 bridgehead atoms. The molecule has 3 nitrogen and oxygen atoms in total. The summed E-state index contributed by atoms with van der Waals surface area (Å²) in [4.78, 5) is 8.22. The monoisotopic (exact) mass is 271 g/mol. The summed E-state index contributed by atoms with van der Waals surface area (Å²) in [6.45, 7) is 9.26. The summed E-state index contributed by atoms with van der Waals surface area (Å²) < 4.78 is 0. The molecular formula is C17H25N3. The minimum atomic E-state index is 0.313. The van der Waals surface area contributed by atoms with E-state index in [2.05, 4.69) is 56.9 Å². The van der Waals surface area contributed by atoms with E-state index in [1.54, 1.807) is 0 Å². The van der Waals surface area contributed by atoms with Crippen LogP contribution < -0.4 is 5.73 Å². The fraction of sp³-hybridized carbons (Fsp3) is 0.471. The van der Waals surface area contributed by atoms with Crippen LogP contribution in [0, 0.1) is 19.8 Å². The number of hydrogen-bond donors (Lipinski definition) is 2. The van der Waals surface area contributed by atoms with Crippen molar-refractivity contribution < 1.29 is 0 Å². The van der Waals surface area contributed by atoms with Gasteiger partial charge in [-0.25, -0.2) is 4.98 Å². The largest absolute Gasteiger partial charge is 0.345 e. The maximum atomic E-state index is 5.91. The standard InChI is InChI=1S/C17H25N3/c1-11(2)9-15(10-18)17-19-13(4)16(20-17)14-7-5-12(3)6-8-14/h5-8,11,15H,9-10,18H2,1-4H3,(H,19,20). The van der Waals surface area contributed by atoms with Gasteiger partial charge in [0.1, 0.15) is 5.82 Å². The Bertz CT molecular complexity index is 552. The molecule has 0 aliphatic carbocycles. The van der Waals surface area contributed by atoms with E-state index in [0.29, 0.717) is 18.4 Å². The van der Waals surface area contributed by atoms with Gasteiger partial charge >= 0.3 is 0 Å². The number of nitrogens with zero attached hydrogens (tertiary/aromatic N) is 1. The van der Waals surface area contributed by atoms with Gasteiger partial charge in [0.2, 0.25) is 0 Å². The second kappa shape index (κ2) is 6.23. The molecule has 20 heavy (non-hydrogen) atoms. The number of imidazole rings is 1. The molecule has 0 aliphatic rings. The molecule has 1 atom stereocenters. The number of aromatic amines is 1. The Hall–Kier alpha value is -1.61. The fourth-order valence-electron chi connectivity index (χ4n) is 2.56. The summed E-state index contributed by atoms with van der Waals surface area (Å²) >= 11 is 0. The van der Waals surface area contributed by atoms with E-state index < -0.39 is 0 Å². The van der Waals surface area contributed by atoms with Gasteiger partial charge in [0.15, 0.2) is 0 Å². The van der Waals surface area contributed by atoms with Gasteiger partial charge in [-0.2, -0.15) is 0 Å². The Balaban J connectivity index is 2.31. The molecular weight excluding hydrogens is 246 g/mol. The van der Waals surface area contributed by atoms with E-state index in [-0.39, 0.29) is 0 Å². The highest BCUT2D eigenvalue weighted by Crippen LogP contribution is 2.26. The quantitative estimate of drug-likeness (QED) is 0.869. The zero-order chi connectivity index (χ0) is 14.7. The van der Waals surface area contributed by atoms with Crippen LogP contribution in [0.15, 0.2) is 24.3 Å². The predicted octanol–water partition coefficient (Wildman–Crippen LogP) is 3.78. The molecule has 108 valence electrons. The first kappa shape index (κ1) is 14.8. The van der Waals surface area contributed by atoms with Crippen molar-refractivity contribution in [3.05, 3.63) is 41.3 Å². The van der Waals surface area contributed by atoms with E-state index >= 15 is 0 Å². The molecule has 3 N–H and O–H groups in total. The molecule has 1 aromatic heterocycles. The van der Waals surface area contributed by atoms with Gasteiger partial charge in [0, 0.05) is 23.7 Å². The first-order valence-corrected chi connectivity index (χ1v) is 7.34. The van der Waals surface area contributed by atoms with Crippen molar-refractivity contribution in [1.82, 2.24) is 9.97 Å². The first-order chi connectivity index (χ1) is 9.51. The van der Waals surface area contributed by atoms with Crippen molar-refractivity contribution in [2.45, 2.75) is 40.0 Å². The van der Waals surface area contributed by atoms with Crippen molar-refractivity contribution >= 4 is 0 Å². The van der Waals surface area contributed by atoms with Gasteiger partial charge in [-0.3, -0.25) is 0 Å². The minimum Gasteiger partial charge on any atom is -0.345 e. The average Bonchev–Trinajstić information content (AvgIpc) is 2.78. The third-order valence-electron chi connectivity index (χ3n) is 3.66. The highest BCUT2D eigenvalue weighted by atomic mass is 14.9. The van der Waals surface area contributed by atoms with Crippen molar-refractivity contribution in [2.24, 2.45) is 11.7 Å². The highest BCUT2D eigenvalue weighted by molar-refractivity contribution is 5.62. The molecule has 2 aromatic rings. The third-order valence-corrected chi connectivity index (χ3v) is 3.66. The van der Waals surface area contributed by atoms with Crippen LogP contribution in [0.2, 0.25) is 0 Å². The average molecular weight is 271 g/mol. The summed E-state index contributed by atoms with van der Waals surface area (Å²) in [6, 6.07) is 8.50. The van der Waals surface area contributed by atoms with Gasteiger partial charge < -0.3 is 10.7 Å². The molecule has 1 aromatic carbocycles. The Morgan fingerprint density at radius 3 is 2.35 bits per heavy atom. The maximum Gasteiger partial charge on any atom is 0.111 e. The smallest absolute Gasteiger partial charge is 0.111 e. The Kier molecular flexibility index (Phi) is 4.61. The Labute approximate surface area is 121 Å². The van der Waals surface area contributed by atoms with Gasteiger partial charge in [0.05, 0.1) is 5.69 Å². The molecule has 2 rings (SSSR count). The van der Waals surface area contributed by atoms with Crippen LogP contribution >= 0.6 is 0 Å². The SMILES string of the molecule is Cc1ccc(-c2nc(C(CN)CC(C)C)[nH]c2C)cc1. The maximum absolute atomic E-state index is 5.91. The van der Waals surface area contributed by atoms with Crippen molar-refractivity contribution in [1.29, 1.82) is 0 Å². The van der Waals surface area contributed by atoms with Crippen LogP contribution in [0.1, 0.15) is 43.3 Å². The van der Waals surface area contributed by atoms with E-state index in [0.717, 1.165) is 29.2 Å². The number of aromatic nitrogens is 2. The van der Waals surface area contributed by atoms with Crippen LogP contribution in [0.5, 0.6) is 0 Å². The topological polar surface area (TPSA) is 54.7 Å². The first-order valence-electron chi connectivity index (χ1n) is 7.34. The summed E-state index contributed by atoms with van der Waals surface area (Å²) in [5.41, 5.74) is 10.5. The van der Waals surface area contributed by atoms with E-state index in [4.69, 9.17) is 10.7 Å². The Morgan fingerprint density at radius 1 is 1.15 bits per heavy atom. The van der Waals surface area contributed by atoms with Gasteiger partial charge in [-0.05, 0) is 26.2 Å². The molecule has 1 unspecified atom stereocenters. The second-order valence-electron chi connectivity index (χ2n) is 6.02. The molecule has 0 saturated heterocycles. The number of rotatable bonds is 5. The molecule has 0 aliphatic heterocycles. The number of nitrogens with one attached hydrogen (secondary N) is 1. The second-order valence-corrected chi connectivity index (χ2v) is 6.02. The zero-order valence-corrected chi connectivity index (χ0v) is 12.9. The van der Waals surface area contributed by atoms with Crippen LogP contribution in [-0.2, 0) is 0 Å². The van der Waals surface area contributed by atoms with E-state index in [1.165, 1.54) is 5.56 Å². The molecule has 0 amide bonds. The van der Waals surface area contributed by atoms with Gasteiger partial charge in [0.25, 0.3) is 0 Å². The highest BCUT2D eigenvalue weighted by Gasteiger charge is 2.17. The third kappa shape index (κ3) is 3.28. The summed E-state index contributed by atoms with van der Waals surface area (Å²) in [6.07, 6.45) is 1.07. The molecule has 0 radical (unpaired) electrons. The fourth-order valence-corrected chi connectivity index (χ4v) is 2.56. The van der Waals surface area contributed by atoms with Crippen molar-refractivity contribution in [3.8, 4) is 11.3 Å². The van der Waals surface area contributed by atoms with Crippen LogP contribution in [-0.4, -0.2) is 16.5 Å². The summed E-state index contributed by atoms with van der Waals surface area (Å²) in [5, 5.41) is 0. The summed E-state index contributed by atoms with van der Waals surface area (Å²) in [5.74, 6) is 1.96. The number of nitrogens with two attached hydrogens (primary N) is 1. The van der Waals surface area contributed by atoms with Crippen LogP contribution in [0.25, 0.3) is 11.3 Å². The van der Waals surface area contributed by atoms with Crippen molar-refractivity contribution in [3.63, 3.8) is 0 Å². The molecule has 0 saturated carbocycles. The lowest BCUT2D eigenvalue weighted by molar-refractivity contribution is 0.490. The van der Waals surface area contributed by atoms with Gasteiger partial charge in [-0.15, -0.1) is 0 Å². The lowest BCUT2D eigenvalue weighted by Crippen LogP contribution is -2.16. The number of aryl methyl sites for hydroxylation is 2. The lowest BCUT2D eigenvalue weighted by atomic mass is 9.97. The summed E-state index contributed by atoms with van der Waals surface area (Å²) in [7, 11) is 0. The molecule has 0 spiro atoms. The molecule has 0 fully saturated rings. The molecule has 1 heterocycles. The predicted molar refractivity (Wildman–Crippen MR) is 84.7 cm³/mol. The normalized spacial score (nSPS) is 12.9. The number of benzene rings is 1. The number of hydrogen-bond acceptors (Lipinski definition) is 2.